The first kappa shape index (κ1) is 19.9. The van der Waals surface area contributed by atoms with Gasteiger partial charge >= 0.3 is 0 Å². The van der Waals surface area contributed by atoms with Gasteiger partial charge in [0.25, 0.3) is 5.91 Å². The second-order valence-electron chi connectivity index (χ2n) is 10.1. The summed E-state index contributed by atoms with van der Waals surface area (Å²) in [5.41, 5.74) is 2.00. The summed E-state index contributed by atoms with van der Waals surface area (Å²) in [6.07, 6.45) is 5.11. The first-order valence-electron chi connectivity index (χ1n) is 12.0. The number of rotatable bonds is 5. The zero-order chi connectivity index (χ0) is 23.0. The molecular weight excluding hydrogens is 433 g/mol. The maximum Gasteiger partial charge on any atom is 0.256 e. The number of likely N-dealkylation sites (tertiary alicyclic amines) is 1. The third-order valence-electron chi connectivity index (χ3n) is 7.57. The van der Waals surface area contributed by atoms with Crippen LogP contribution in [0.5, 0.6) is 0 Å². The van der Waals surface area contributed by atoms with Crippen molar-refractivity contribution in [1.82, 2.24) is 9.80 Å². The fourth-order valence-electron chi connectivity index (χ4n) is 5.23. The van der Waals surface area contributed by atoms with E-state index in [0.717, 1.165) is 42.2 Å². The molecule has 1 spiro atoms. The molecular formula is C27H24FN3O3. The summed E-state index contributed by atoms with van der Waals surface area (Å²) in [5.74, 6) is 0.933. The van der Waals surface area contributed by atoms with Gasteiger partial charge in [0, 0.05) is 48.0 Å². The number of hydrogen-bond acceptors (Lipinski definition) is 4. The molecule has 2 amide bonds. The molecule has 0 unspecified atom stereocenters. The number of hydrogen-bond donors (Lipinski definition) is 0. The second kappa shape index (κ2) is 7.01. The minimum Gasteiger partial charge on any atom is -0.464 e. The van der Waals surface area contributed by atoms with Crippen LogP contribution in [0.2, 0.25) is 0 Å². The first-order valence-corrected chi connectivity index (χ1v) is 12.0. The highest BCUT2D eigenvalue weighted by molar-refractivity contribution is 6.16. The van der Waals surface area contributed by atoms with Crippen LogP contribution >= 0.6 is 0 Å². The number of benzene rings is 2. The molecule has 3 fully saturated rings. The SMILES string of the molecule is O=C(C1CC1)N1CC(CN2C(=O)C3(CC3)N=C2c2ccc(-c3ccc4occc4c3)c(F)c2)C1. The molecule has 0 radical (unpaired) electrons. The highest BCUT2D eigenvalue weighted by atomic mass is 19.1. The van der Waals surface area contributed by atoms with Gasteiger partial charge in [0.05, 0.1) is 6.26 Å². The zero-order valence-corrected chi connectivity index (χ0v) is 18.7. The number of amides is 2. The molecule has 4 aliphatic rings. The number of halogens is 1. The van der Waals surface area contributed by atoms with Crippen LogP contribution in [-0.2, 0) is 9.59 Å². The topological polar surface area (TPSA) is 66.1 Å². The van der Waals surface area contributed by atoms with Crippen molar-refractivity contribution in [3.05, 3.63) is 60.1 Å². The lowest BCUT2D eigenvalue weighted by Crippen LogP contribution is -2.55. The molecule has 3 aromatic rings. The number of furan rings is 1. The van der Waals surface area contributed by atoms with Crippen molar-refractivity contribution < 1.29 is 18.4 Å². The Labute approximate surface area is 196 Å². The molecule has 6 nitrogen and oxygen atoms in total. The van der Waals surface area contributed by atoms with E-state index < -0.39 is 5.54 Å². The number of aliphatic imine (C=N–C) groups is 1. The Morgan fingerprint density at radius 3 is 2.62 bits per heavy atom. The van der Waals surface area contributed by atoms with Crippen LogP contribution < -0.4 is 0 Å². The number of amidine groups is 1. The summed E-state index contributed by atoms with van der Waals surface area (Å²) in [6.45, 7) is 1.89. The van der Waals surface area contributed by atoms with Crippen LogP contribution in [0.15, 0.2) is 58.1 Å². The molecule has 0 bridgehead atoms. The molecule has 7 rings (SSSR count). The van der Waals surface area contributed by atoms with E-state index in [0.29, 0.717) is 36.6 Å². The predicted octanol–water partition coefficient (Wildman–Crippen LogP) is 4.23. The molecule has 0 atom stereocenters. The van der Waals surface area contributed by atoms with Crippen molar-refractivity contribution in [1.29, 1.82) is 0 Å². The smallest absolute Gasteiger partial charge is 0.256 e. The molecule has 3 heterocycles. The summed E-state index contributed by atoms with van der Waals surface area (Å²) in [4.78, 5) is 33.9. The fourth-order valence-corrected chi connectivity index (χ4v) is 5.23. The normalized spacial score (nSPS) is 21.3. The van der Waals surface area contributed by atoms with Gasteiger partial charge in [-0.3, -0.25) is 19.5 Å². The minimum atomic E-state index is -0.649. The van der Waals surface area contributed by atoms with Gasteiger partial charge in [-0.15, -0.1) is 0 Å². The maximum atomic E-state index is 15.3. The van der Waals surface area contributed by atoms with E-state index in [1.807, 2.05) is 35.2 Å². The number of nitrogens with zero attached hydrogens (tertiary/aromatic N) is 3. The van der Waals surface area contributed by atoms with Crippen LogP contribution in [0.3, 0.4) is 0 Å². The fraction of sp³-hybridized carbons (Fsp3) is 0.370. The summed E-state index contributed by atoms with van der Waals surface area (Å²) in [5, 5.41) is 0.920. The van der Waals surface area contributed by atoms with E-state index in [1.165, 1.54) is 6.07 Å². The average molecular weight is 458 g/mol. The van der Waals surface area contributed by atoms with E-state index in [1.54, 1.807) is 17.2 Å². The van der Waals surface area contributed by atoms with Gasteiger partial charge in [0.1, 0.15) is 22.8 Å². The Kier molecular flexibility index (Phi) is 4.11. The van der Waals surface area contributed by atoms with Crippen molar-refractivity contribution in [3.8, 4) is 11.1 Å². The average Bonchev–Trinajstić information content (AvgIpc) is 3.72. The molecule has 2 saturated carbocycles. The maximum absolute atomic E-state index is 15.3. The van der Waals surface area contributed by atoms with E-state index in [9.17, 15) is 9.59 Å². The van der Waals surface area contributed by atoms with Crippen LogP contribution in [-0.4, -0.2) is 52.6 Å². The third kappa shape index (κ3) is 3.10. The van der Waals surface area contributed by atoms with Crippen LogP contribution in [0.25, 0.3) is 22.1 Å². The monoisotopic (exact) mass is 457 g/mol. The first-order chi connectivity index (χ1) is 16.5. The van der Waals surface area contributed by atoms with E-state index in [4.69, 9.17) is 9.41 Å². The third-order valence-corrected chi connectivity index (χ3v) is 7.57. The van der Waals surface area contributed by atoms with Gasteiger partial charge in [-0.2, -0.15) is 0 Å². The highest BCUT2D eigenvalue weighted by Crippen LogP contribution is 2.46. The molecule has 34 heavy (non-hydrogen) atoms. The minimum absolute atomic E-state index is 0.0179. The van der Waals surface area contributed by atoms with Gasteiger partial charge < -0.3 is 9.32 Å². The lowest BCUT2D eigenvalue weighted by molar-refractivity contribution is -0.139. The molecule has 1 aromatic heterocycles. The van der Waals surface area contributed by atoms with Crippen LogP contribution in [0.1, 0.15) is 31.2 Å². The summed E-state index contributed by atoms with van der Waals surface area (Å²) < 4.78 is 20.7. The highest BCUT2D eigenvalue weighted by Gasteiger charge is 2.58. The van der Waals surface area contributed by atoms with Crippen LogP contribution in [0, 0.1) is 17.7 Å². The summed E-state index contributed by atoms with van der Waals surface area (Å²) >= 11 is 0. The van der Waals surface area contributed by atoms with Crippen molar-refractivity contribution in [2.24, 2.45) is 16.8 Å². The van der Waals surface area contributed by atoms with Gasteiger partial charge in [-0.1, -0.05) is 18.2 Å². The standard InChI is InChI=1S/C27H24FN3O3/c28-22-12-20(3-5-21(22)18-4-6-23-19(11-18)7-10-34-23)24-29-27(8-9-27)26(33)31(24)15-16-13-30(14-16)25(32)17-1-2-17/h3-7,10-12,16-17H,1-2,8-9,13-15H2. The Morgan fingerprint density at radius 1 is 1.09 bits per heavy atom. The molecule has 2 aliphatic heterocycles. The Bertz CT molecular complexity index is 1380. The Balaban J connectivity index is 1.14. The number of carbonyl (C=O) groups excluding carboxylic acids is 2. The lowest BCUT2D eigenvalue weighted by atomic mass is 9.97. The summed E-state index contributed by atoms with van der Waals surface area (Å²) in [6, 6.07) is 12.5. The van der Waals surface area contributed by atoms with Crippen molar-refractivity contribution in [3.63, 3.8) is 0 Å². The quantitative estimate of drug-likeness (QED) is 0.576. The molecule has 7 heteroatoms. The van der Waals surface area contributed by atoms with Crippen molar-refractivity contribution in [2.75, 3.05) is 19.6 Å². The largest absolute Gasteiger partial charge is 0.464 e. The Morgan fingerprint density at radius 2 is 1.88 bits per heavy atom. The Hall–Kier alpha value is -3.48. The van der Waals surface area contributed by atoms with E-state index >= 15 is 4.39 Å². The molecule has 2 aliphatic carbocycles. The zero-order valence-electron chi connectivity index (χ0n) is 18.7. The molecule has 172 valence electrons. The van der Waals surface area contributed by atoms with Crippen molar-refractivity contribution >= 4 is 28.6 Å². The molecule has 0 N–H and O–H groups in total. The van der Waals surface area contributed by atoms with Crippen LogP contribution in [0.4, 0.5) is 4.39 Å². The second-order valence-corrected chi connectivity index (χ2v) is 10.1. The number of carbonyl (C=O) groups is 2. The van der Waals surface area contributed by atoms with Gasteiger partial charge in [0.2, 0.25) is 5.91 Å². The molecule has 1 saturated heterocycles. The van der Waals surface area contributed by atoms with E-state index in [2.05, 4.69) is 0 Å². The predicted molar refractivity (Wildman–Crippen MR) is 125 cm³/mol. The van der Waals surface area contributed by atoms with Gasteiger partial charge in [-0.05, 0) is 55.5 Å². The van der Waals surface area contributed by atoms with E-state index in [-0.39, 0.29) is 29.5 Å². The molecule has 2 aromatic carbocycles. The van der Waals surface area contributed by atoms with Gasteiger partial charge in [0.15, 0.2) is 0 Å². The lowest BCUT2D eigenvalue weighted by Gasteiger charge is -2.41. The van der Waals surface area contributed by atoms with Gasteiger partial charge in [-0.25, -0.2) is 4.39 Å². The summed E-state index contributed by atoms with van der Waals surface area (Å²) in [7, 11) is 0. The van der Waals surface area contributed by atoms with Crippen molar-refractivity contribution in [2.45, 2.75) is 31.2 Å². The number of fused-ring (bicyclic) bond motifs is 1.